The van der Waals surface area contributed by atoms with Crippen LogP contribution in [0.5, 0.6) is 0 Å². The van der Waals surface area contributed by atoms with Gasteiger partial charge < -0.3 is 0 Å². The first-order valence-corrected chi connectivity index (χ1v) is 16.0. The van der Waals surface area contributed by atoms with E-state index in [0.29, 0.717) is 11.1 Å². The molecule has 0 aliphatic carbocycles. The van der Waals surface area contributed by atoms with E-state index >= 15 is 0 Å². The smallest absolute Gasteiger partial charge is 0.152 e. The maximum Gasteiger partial charge on any atom is 0.152 e. The van der Waals surface area contributed by atoms with Crippen LogP contribution in [-0.4, -0.2) is 12.6 Å². The fourth-order valence-corrected chi connectivity index (χ4v) is 6.84. The van der Waals surface area contributed by atoms with Crippen LogP contribution in [0.3, 0.4) is 0 Å². The number of halogens is 4. The van der Waals surface area contributed by atoms with Crippen molar-refractivity contribution in [2.75, 3.05) is 0 Å². The van der Waals surface area contributed by atoms with E-state index in [1.54, 1.807) is 0 Å². The third kappa shape index (κ3) is 6.12. The number of fused-ring (bicyclic) bond motifs is 3. The van der Waals surface area contributed by atoms with Crippen LogP contribution < -0.4 is 0 Å². The lowest BCUT2D eigenvalue weighted by Gasteiger charge is -2.07. The summed E-state index contributed by atoms with van der Waals surface area (Å²) in [5.74, 6) is 0. The van der Waals surface area contributed by atoms with E-state index in [-0.39, 0.29) is 0 Å². The molecule has 0 spiro atoms. The van der Waals surface area contributed by atoms with Crippen molar-refractivity contribution in [3.8, 4) is 22.3 Å². The monoisotopic (exact) mass is 830 g/mol. The van der Waals surface area contributed by atoms with Crippen molar-refractivity contribution in [3.63, 3.8) is 0 Å². The maximum absolute atomic E-state index is 12.2. The molecule has 0 saturated carbocycles. The Labute approximate surface area is 269 Å². The average Bonchev–Trinajstić information content (AvgIpc) is 3.34. The van der Waals surface area contributed by atoms with Crippen molar-refractivity contribution in [2.45, 2.75) is 0 Å². The number of benzene rings is 5. The van der Waals surface area contributed by atoms with Crippen molar-refractivity contribution >= 4 is 114 Å². The minimum absolute atomic E-state index is 0.656. The van der Waals surface area contributed by atoms with Gasteiger partial charge in [0.05, 0.1) is 0 Å². The first-order valence-electron chi connectivity index (χ1n) is 11.7. The topological polar surface area (TPSA) is 34.1 Å². The van der Waals surface area contributed by atoms with E-state index in [1.165, 1.54) is 14.9 Å². The van der Waals surface area contributed by atoms with Gasteiger partial charge in [0.15, 0.2) is 12.6 Å². The molecule has 7 heteroatoms. The summed E-state index contributed by atoms with van der Waals surface area (Å²) >= 11 is 14.0. The molecule has 0 aliphatic rings. The summed E-state index contributed by atoms with van der Waals surface area (Å²) in [6.45, 7) is 0. The zero-order valence-electron chi connectivity index (χ0n) is 20.1. The Hall–Kier alpha value is -2.17. The van der Waals surface area contributed by atoms with Crippen molar-refractivity contribution < 1.29 is 9.59 Å². The summed E-state index contributed by atoms with van der Waals surface area (Å²) in [5, 5.41) is 1.99. The highest BCUT2D eigenvalue weighted by atomic mass is 127. The van der Waals surface area contributed by atoms with Gasteiger partial charge in [-0.05, 0) is 93.4 Å². The molecular weight excluding hydrogens is 815 g/mol. The molecule has 39 heavy (non-hydrogen) atoms. The normalized spacial score (nSPS) is 10.8. The number of hydrogen-bond acceptors (Lipinski definition) is 3. The molecule has 6 aromatic rings. The SMILES string of the molecule is Brc1ccc(I)cc1.O=Cc1c(-c2ccc(Br)cc2)ccc2c1sc1c(C=O)c(-c3ccc(Br)cc3)ccc12. The minimum atomic E-state index is 0.656. The fraction of sp³-hybridized carbons (Fsp3) is 0. The Morgan fingerprint density at radius 1 is 0.513 bits per heavy atom. The van der Waals surface area contributed by atoms with Gasteiger partial charge in [0, 0.05) is 48.3 Å². The number of aldehydes is 2. The Kier molecular flexibility index (Phi) is 9.13. The summed E-state index contributed by atoms with van der Waals surface area (Å²) in [7, 11) is 0. The molecule has 0 unspecified atom stereocenters. The minimum Gasteiger partial charge on any atom is -0.298 e. The lowest BCUT2D eigenvalue weighted by atomic mass is 9.96. The van der Waals surface area contributed by atoms with Crippen LogP contribution in [-0.2, 0) is 0 Å². The third-order valence-electron chi connectivity index (χ3n) is 6.24. The Bertz CT molecular complexity index is 1680. The summed E-state index contributed by atoms with van der Waals surface area (Å²) in [5.41, 5.74) is 5.06. The lowest BCUT2D eigenvalue weighted by Crippen LogP contribution is -1.88. The first-order chi connectivity index (χ1) is 18.9. The number of hydrogen-bond donors (Lipinski definition) is 0. The molecule has 0 N–H and O–H groups in total. The average molecular weight is 833 g/mol. The van der Waals surface area contributed by atoms with E-state index in [9.17, 15) is 9.59 Å². The molecule has 0 amide bonds. The van der Waals surface area contributed by atoms with E-state index in [0.717, 1.165) is 68.4 Å². The zero-order valence-corrected chi connectivity index (χ0v) is 27.9. The molecular formula is C32H18Br3IO2S. The van der Waals surface area contributed by atoms with Crippen LogP contribution >= 0.6 is 81.7 Å². The highest BCUT2D eigenvalue weighted by Gasteiger charge is 2.18. The van der Waals surface area contributed by atoms with Gasteiger partial charge >= 0.3 is 0 Å². The van der Waals surface area contributed by atoms with Gasteiger partial charge in [0.2, 0.25) is 0 Å². The molecule has 5 aromatic carbocycles. The van der Waals surface area contributed by atoms with Gasteiger partial charge in [-0.25, -0.2) is 0 Å². The predicted octanol–water partition coefficient (Wildman–Crippen LogP) is 11.6. The zero-order chi connectivity index (χ0) is 27.5. The first kappa shape index (κ1) is 28.4. The molecule has 0 bridgehead atoms. The van der Waals surface area contributed by atoms with Gasteiger partial charge in [0.1, 0.15) is 0 Å². The van der Waals surface area contributed by atoms with E-state index in [4.69, 9.17) is 0 Å². The lowest BCUT2D eigenvalue weighted by molar-refractivity contribution is 0.111. The second-order valence-electron chi connectivity index (χ2n) is 8.59. The second-order valence-corrected chi connectivity index (χ2v) is 13.6. The molecule has 0 radical (unpaired) electrons. The van der Waals surface area contributed by atoms with E-state index in [2.05, 4.69) is 82.5 Å². The van der Waals surface area contributed by atoms with Crippen molar-refractivity contribution in [2.24, 2.45) is 0 Å². The number of rotatable bonds is 4. The van der Waals surface area contributed by atoms with Gasteiger partial charge in [0.25, 0.3) is 0 Å². The summed E-state index contributed by atoms with van der Waals surface area (Å²) in [4.78, 5) is 24.3. The number of carbonyl (C=O) groups excluding carboxylic acids is 2. The summed E-state index contributed by atoms with van der Waals surface area (Å²) in [6.07, 6.45) is 1.84. The molecule has 1 heterocycles. The third-order valence-corrected chi connectivity index (χ3v) is 9.83. The standard InChI is InChI=1S/C26H14Br2O2S.C6H4BrI/c27-17-5-1-15(2-6-17)19-9-11-21-22-12-10-20(16-3-7-18(28)8-4-16)24(14-30)26(22)31-25(21)23(19)13-29;7-5-1-3-6(8)4-2-5/h1-14H;1-4H. The Morgan fingerprint density at radius 3 is 1.21 bits per heavy atom. The molecule has 0 atom stereocenters. The molecule has 192 valence electrons. The molecule has 6 rings (SSSR count). The van der Waals surface area contributed by atoms with E-state index in [1.807, 2.05) is 84.9 Å². The van der Waals surface area contributed by atoms with Crippen LogP contribution in [0.4, 0.5) is 0 Å². The van der Waals surface area contributed by atoms with Crippen LogP contribution in [0.25, 0.3) is 42.4 Å². The largest absolute Gasteiger partial charge is 0.298 e. The number of thiophene rings is 1. The van der Waals surface area contributed by atoms with Crippen molar-refractivity contribution in [3.05, 3.63) is 125 Å². The van der Waals surface area contributed by atoms with Crippen molar-refractivity contribution in [1.82, 2.24) is 0 Å². The van der Waals surface area contributed by atoms with Crippen LogP contribution in [0.2, 0.25) is 0 Å². The van der Waals surface area contributed by atoms with E-state index < -0.39 is 0 Å². The predicted molar refractivity (Wildman–Crippen MR) is 183 cm³/mol. The van der Waals surface area contributed by atoms with Crippen LogP contribution in [0, 0.1) is 3.57 Å². The highest BCUT2D eigenvalue weighted by molar-refractivity contribution is 14.1. The van der Waals surface area contributed by atoms with Gasteiger partial charge in [-0.3, -0.25) is 9.59 Å². The molecule has 2 nitrogen and oxygen atoms in total. The molecule has 1 aromatic heterocycles. The van der Waals surface area contributed by atoms with Gasteiger partial charge in [-0.15, -0.1) is 11.3 Å². The second kappa shape index (κ2) is 12.6. The fourth-order valence-electron chi connectivity index (χ4n) is 4.37. The summed E-state index contributed by atoms with van der Waals surface area (Å²) in [6, 6.07) is 32.1. The van der Waals surface area contributed by atoms with Gasteiger partial charge in [-0.1, -0.05) is 96.3 Å². The highest BCUT2D eigenvalue weighted by Crippen LogP contribution is 2.42. The molecule has 0 aliphatic heterocycles. The Balaban J connectivity index is 0.000000332. The molecule has 0 saturated heterocycles. The number of carbonyl (C=O) groups is 2. The van der Waals surface area contributed by atoms with Gasteiger partial charge in [-0.2, -0.15) is 0 Å². The van der Waals surface area contributed by atoms with Crippen LogP contribution in [0.15, 0.2) is 110 Å². The maximum atomic E-state index is 12.2. The van der Waals surface area contributed by atoms with Crippen molar-refractivity contribution in [1.29, 1.82) is 0 Å². The Morgan fingerprint density at radius 2 is 0.872 bits per heavy atom. The molecule has 0 fully saturated rings. The quantitative estimate of drug-likeness (QED) is 0.131. The summed E-state index contributed by atoms with van der Waals surface area (Å²) < 4.78 is 6.19. The van der Waals surface area contributed by atoms with Crippen LogP contribution in [0.1, 0.15) is 20.7 Å².